The number of hydrogen-bond donors (Lipinski definition) is 1. The van der Waals surface area contributed by atoms with Crippen LogP contribution in [0.5, 0.6) is 5.75 Å². The second kappa shape index (κ2) is 6.61. The van der Waals surface area contributed by atoms with Crippen molar-refractivity contribution in [2.45, 2.75) is 6.54 Å². The fourth-order valence-electron chi connectivity index (χ4n) is 3.36. The van der Waals surface area contributed by atoms with Crippen molar-refractivity contribution < 1.29 is 9.52 Å². The summed E-state index contributed by atoms with van der Waals surface area (Å²) in [4.78, 5) is 16.2. The first-order valence-corrected chi connectivity index (χ1v) is 8.48. The Morgan fingerprint density at radius 1 is 0.920 bits per heavy atom. The number of nitrogens with zero attached hydrogens (tertiary/aromatic N) is 2. The summed E-state index contributed by atoms with van der Waals surface area (Å²) in [5.41, 5.74) is 2.01. The third-order valence-corrected chi connectivity index (χ3v) is 4.74. The molecule has 2 heterocycles. The Morgan fingerprint density at radius 3 is 2.40 bits per heavy atom. The highest BCUT2D eigenvalue weighted by molar-refractivity contribution is 5.81. The number of piperazine rings is 1. The lowest BCUT2D eigenvalue weighted by molar-refractivity contribution is 0.246. The standard InChI is InChI=1S/C20H20N2O3/c23-18-8-6-15-7-9-19(24)25-20(15)17(18)14-21-10-12-22(13-11-21)16-4-2-1-3-5-16/h1-9,23H,10-14H2. The smallest absolute Gasteiger partial charge is 0.336 e. The van der Waals surface area contributed by atoms with Crippen LogP contribution in [0, 0.1) is 0 Å². The summed E-state index contributed by atoms with van der Waals surface area (Å²) in [5, 5.41) is 11.1. The molecule has 3 aromatic rings. The Balaban J connectivity index is 1.52. The summed E-state index contributed by atoms with van der Waals surface area (Å²) < 4.78 is 5.35. The van der Waals surface area contributed by atoms with Gasteiger partial charge in [-0.3, -0.25) is 4.90 Å². The molecule has 1 saturated heterocycles. The van der Waals surface area contributed by atoms with E-state index in [2.05, 4.69) is 34.1 Å². The van der Waals surface area contributed by atoms with Crippen LogP contribution in [0.2, 0.25) is 0 Å². The lowest BCUT2D eigenvalue weighted by Crippen LogP contribution is -2.46. The van der Waals surface area contributed by atoms with E-state index in [4.69, 9.17) is 4.42 Å². The zero-order valence-corrected chi connectivity index (χ0v) is 13.9. The molecule has 0 atom stereocenters. The van der Waals surface area contributed by atoms with Gasteiger partial charge in [-0.2, -0.15) is 0 Å². The first-order chi connectivity index (χ1) is 12.2. The Morgan fingerprint density at radius 2 is 1.64 bits per heavy atom. The highest BCUT2D eigenvalue weighted by atomic mass is 16.4. The highest BCUT2D eigenvalue weighted by Gasteiger charge is 2.20. The largest absolute Gasteiger partial charge is 0.507 e. The third kappa shape index (κ3) is 3.23. The second-order valence-corrected chi connectivity index (χ2v) is 6.33. The molecule has 0 unspecified atom stereocenters. The van der Waals surface area contributed by atoms with Crippen molar-refractivity contribution in [2.75, 3.05) is 31.1 Å². The number of aromatic hydroxyl groups is 1. The van der Waals surface area contributed by atoms with E-state index in [1.165, 1.54) is 11.8 Å². The lowest BCUT2D eigenvalue weighted by atomic mass is 10.1. The van der Waals surface area contributed by atoms with Gasteiger partial charge in [-0.05, 0) is 30.3 Å². The van der Waals surface area contributed by atoms with E-state index in [0.717, 1.165) is 31.6 Å². The topological polar surface area (TPSA) is 56.9 Å². The number of para-hydroxylation sites is 1. The summed E-state index contributed by atoms with van der Waals surface area (Å²) in [6.45, 7) is 4.21. The molecule has 1 aliphatic heterocycles. The summed E-state index contributed by atoms with van der Waals surface area (Å²) in [6, 6.07) is 17.0. The average molecular weight is 336 g/mol. The van der Waals surface area contributed by atoms with E-state index >= 15 is 0 Å². The fourth-order valence-corrected chi connectivity index (χ4v) is 3.36. The van der Waals surface area contributed by atoms with Crippen LogP contribution in [-0.2, 0) is 6.54 Å². The highest BCUT2D eigenvalue weighted by Crippen LogP contribution is 2.28. The number of phenolic OH excluding ortho intramolecular Hbond substituents is 1. The van der Waals surface area contributed by atoms with Crippen LogP contribution in [0.25, 0.3) is 11.0 Å². The Kier molecular flexibility index (Phi) is 4.15. The molecule has 0 spiro atoms. The quantitative estimate of drug-likeness (QED) is 0.746. The van der Waals surface area contributed by atoms with Gasteiger partial charge >= 0.3 is 5.63 Å². The number of rotatable bonds is 3. The zero-order valence-electron chi connectivity index (χ0n) is 13.9. The van der Waals surface area contributed by atoms with Gasteiger partial charge in [0.2, 0.25) is 0 Å². The third-order valence-electron chi connectivity index (χ3n) is 4.74. The van der Waals surface area contributed by atoms with Crippen molar-refractivity contribution in [3.8, 4) is 5.75 Å². The van der Waals surface area contributed by atoms with Crippen LogP contribution in [0.4, 0.5) is 5.69 Å². The monoisotopic (exact) mass is 336 g/mol. The van der Waals surface area contributed by atoms with Crippen LogP contribution in [0.15, 0.2) is 63.8 Å². The molecule has 1 aromatic heterocycles. The zero-order chi connectivity index (χ0) is 17.2. The van der Waals surface area contributed by atoms with E-state index in [9.17, 15) is 9.90 Å². The van der Waals surface area contributed by atoms with Crippen molar-refractivity contribution in [1.29, 1.82) is 0 Å². The van der Waals surface area contributed by atoms with Gasteiger partial charge in [0.05, 0.1) is 5.56 Å². The number of benzene rings is 2. The van der Waals surface area contributed by atoms with Gasteiger partial charge in [-0.15, -0.1) is 0 Å². The van der Waals surface area contributed by atoms with Crippen LogP contribution in [0.1, 0.15) is 5.56 Å². The van der Waals surface area contributed by atoms with Crippen LogP contribution >= 0.6 is 0 Å². The molecule has 5 heteroatoms. The first-order valence-electron chi connectivity index (χ1n) is 8.48. The number of fused-ring (bicyclic) bond motifs is 1. The van der Waals surface area contributed by atoms with Gasteiger partial charge in [0.25, 0.3) is 0 Å². The van der Waals surface area contributed by atoms with E-state index < -0.39 is 5.63 Å². The lowest BCUT2D eigenvalue weighted by Gasteiger charge is -2.36. The van der Waals surface area contributed by atoms with Crippen molar-refractivity contribution in [3.63, 3.8) is 0 Å². The molecule has 0 aliphatic carbocycles. The van der Waals surface area contributed by atoms with Gasteiger partial charge in [0, 0.05) is 49.9 Å². The molecule has 0 bridgehead atoms. The molecular formula is C20H20N2O3. The molecule has 1 aliphatic rings. The van der Waals surface area contributed by atoms with Gasteiger partial charge in [-0.25, -0.2) is 4.79 Å². The maximum absolute atomic E-state index is 11.6. The first kappa shape index (κ1) is 15.7. The minimum absolute atomic E-state index is 0.173. The average Bonchev–Trinajstić information content (AvgIpc) is 2.65. The molecule has 0 amide bonds. The van der Waals surface area contributed by atoms with Crippen molar-refractivity contribution in [2.24, 2.45) is 0 Å². The fraction of sp³-hybridized carbons (Fsp3) is 0.250. The van der Waals surface area contributed by atoms with Crippen LogP contribution in [0.3, 0.4) is 0 Å². The molecule has 0 saturated carbocycles. The molecular weight excluding hydrogens is 316 g/mol. The van der Waals surface area contributed by atoms with Crippen molar-refractivity contribution >= 4 is 16.7 Å². The van der Waals surface area contributed by atoms with E-state index in [-0.39, 0.29) is 5.75 Å². The minimum atomic E-state index is -0.395. The van der Waals surface area contributed by atoms with Crippen LogP contribution in [-0.4, -0.2) is 36.2 Å². The molecule has 128 valence electrons. The maximum Gasteiger partial charge on any atom is 0.336 e. The molecule has 0 radical (unpaired) electrons. The predicted octanol–water partition coefficient (Wildman–Crippen LogP) is 2.82. The van der Waals surface area contributed by atoms with Gasteiger partial charge in [-0.1, -0.05) is 18.2 Å². The molecule has 4 rings (SSSR count). The summed E-state index contributed by atoms with van der Waals surface area (Å²) in [5.74, 6) is 0.173. The van der Waals surface area contributed by atoms with Gasteiger partial charge in [0.15, 0.2) is 0 Å². The Labute approximate surface area is 145 Å². The van der Waals surface area contributed by atoms with Gasteiger partial charge in [0.1, 0.15) is 11.3 Å². The molecule has 5 nitrogen and oxygen atoms in total. The summed E-state index contributed by atoms with van der Waals surface area (Å²) >= 11 is 0. The van der Waals surface area contributed by atoms with Crippen LogP contribution < -0.4 is 10.5 Å². The Hall–Kier alpha value is -2.79. The summed E-state index contributed by atoms with van der Waals surface area (Å²) in [7, 11) is 0. The molecule has 25 heavy (non-hydrogen) atoms. The molecule has 1 N–H and O–H groups in total. The SMILES string of the molecule is O=c1ccc2ccc(O)c(CN3CCN(c4ccccc4)CC3)c2o1. The molecule has 1 fully saturated rings. The summed E-state index contributed by atoms with van der Waals surface area (Å²) in [6.07, 6.45) is 0. The minimum Gasteiger partial charge on any atom is -0.507 e. The van der Waals surface area contributed by atoms with E-state index in [1.54, 1.807) is 18.2 Å². The number of anilines is 1. The maximum atomic E-state index is 11.6. The normalized spacial score (nSPS) is 15.6. The van der Waals surface area contributed by atoms with Crippen molar-refractivity contribution in [1.82, 2.24) is 4.90 Å². The second-order valence-electron chi connectivity index (χ2n) is 6.33. The number of hydrogen-bond acceptors (Lipinski definition) is 5. The Bertz CT molecular complexity index is 929. The van der Waals surface area contributed by atoms with Gasteiger partial charge < -0.3 is 14.4 Å². The predicted molar refractivity (Wildman–Crippen MR) is 98.1 cm³/mol. The van der Waals surface area contributed by atoms with Crippen molar-refractivity contribution in [3.05, 3.63) is 70.6 Å². The van der Waals surface area contributed by atoms with E-state index in [1.807, 2.05) is 6.07 Å². The number of phenols is 1. The molecule has 2 aromatic carbocycles. The van der Waals surface area contributed by atoms with E-state index in [0.29, 0.717) is 17.7 Å².